The molecule has 12 nitrogen and oxygen atoms in total. The summed E-state index contributed by atoms with van der Waals surface area (Å²) in [6.45, 7) is 7.48. The Balaban J connectivity index is 1.15. The summed E-state index contributed by atoms with van der Waals surface area (Å²) in [5.74, 6) is 1.08. The van der Waals surface area contributed by atoms with Crippen molar-refractivity contribution < 1.29 is 48.3 Å². The summed E-state index contributed by atoms with van der Waals surface area (Å²) in [6, 6.07) is 35.4. The first-order chi connectivity index (χ1) is 37.9. The standard InChI is InChI=1S/C65H80N2O10/c1-3-5-6-7-8-9-10-11-12-22-38-71-64(70)67(44-48-29-33-59-60(39-48)73-46-72-59)61-43-57(66-75-45-47-23-14-13-15-24-47)55-41-51(27-18-20-35-68)54(28-19-21-36-69)62-56-42-53(76-52-31-30-49-25-16-17-26-50(49)40-52)32-34-58(56)77-65(61,63(55)62)74-37-4-2/h4,13-17,23-26,29-34,39-42,51,54,61-63,68-69H,2-3,5-12,18-22,27-28,35-38,43-46H2,1H3. The van der Waals surface area contributed by atoms with E-state index in [0.29, 0.717) is 47.3 Å². The summed E-state index contributed by atoms with van der Waals surface area (Å²) in [5, 5.41) is 27.6. The van der Waals surface area contributed by atoms with Crippen molar-refractivity contribution in [3.05, 3.63) is 150 Å². The van der Waals surface area contributed by atoms with Crippen molar-refractivity contribution in [2.24, 2.45) is 22.9 Å². The molecule has 1 fully saturated rings. The molecule has 0 radical (unpaired) electrons. The topological polar surface area (TPSA) is 138 Å². The fourth-order valence-corrected chi connectivity index (χ4v) is 12.2. The van der Waals surface area contributed by atoms with E-state index in [9.17, 15) is 10.2 Å². The first-order valence-electron chi connectivity index (χ1n) is 28.7. The number of benzene rings is 5. The lowest BCUT2D eigenvalue weighted by Crippen LogP contribution is -2.70. The molecule has 9 rings (SSSR count). The number of nitrogens with zero attached hydrogens (tertiary/aromatic N) is 2. The van der Waals surface area contributed by atoms with E-state index in [-0.39, 0.29) is 70.5 Å². The number of amides is 1. The molecule has 410 valence electrons. The van der Waals surface area contributed by atoms with Crippen LogP contribution in [0.1, 0.15) is 139 Å². The summed E-state index contributed by atoms with van der Waals surface area (Å²) in [5.41, 5.74) is 4.41. The van der Waals surface area contributed by atoms with Gasteiger partial charge in [-0.25, -0.2) is 4.79 Å². The number of hydrogen-bond donors (Lipinski definition) is 2. The lowest BCUT2D eigenvalue weighted by molar-refractivity contribution is -0.256. The van der Waals surface area contributed by atoms with Gasteiger partial charge in [-0.15, -0.1) is 6.58 Å². The molecular formula is C65H80N2O10. The van der Waals surface area contributed by atoms with Gasteiger partial charge < -0.3 is 43.5 Å². The third kappa shape index (κ3) is 13.7. The molecule has 1 saturated carbocycles. The van der Waals surface area contributed by atoms with Gasteiger partial charge >= 0.3 is 6.09 Å². The van der Waals surface area contributed by atoms with Gasteiger partial charge in [-0.1, -0.05) is 162 Å². The number of oxime groups is 1. The van der Waals surface area contributed by atoms with Crippen molar-refractivity contribution in [3.8, 4) is 28.7 Å². The molecule has 0 bridgehead atoms. The van der Waals surface area contributed by atoms with Crippen LogP contribution in [0.2, 0.25) is 0 Å². The Labute approximate surface area is 456 Å². The number of unbranched alkanes of at least 4 members (excludes halogenated alkanes) is 11. The first kappa shape index (κ1) is 55.4. The van der Waals surface area contributed by atoms with E-state index in [0.717, 1.165) is 78.0 Å². The highest BCUT2D eigenvalue weighted by Gasteiger charge is 2.66. The average Bonchev–Trinajstić information content (AvgIpc) is 3.94. The van der Waals surface area contributed by atoms with Gasteiger partial charge in [-0.05, 0) is 114 Å². The molecule has 2 heterocycles. The molecule has 77 heavy (non-hydrogen) atoms. The Hall–Kier alpha value is -6.34. The Morgan fingerprint density at radius 2 is 1.44 bits per heavy atom. The number of fused-ring (bicyclic) bond motifs is 4. The Kier molecular flexibility index (Phi) is 20.0. The van der Waals surface area contributed by atoms with E-state index < -0.39 is 23.8 Å². The highest BCUT2D eigenvalue weighted by atomic mass is 16.7. The van der Waals surface area contributed by atoms with E-state index in [1.165, 1.54) is 44.9 Å². The van der Waals surface area contributed by atoms with Gasteiger partial charge in [0, 0.05) is 37.7 Å². The molecule has 4 aliphatic rings. The smallest absolute Gasteiger partial charge is 0.410 e. The van der Waals surface area contributed by atoms with Crippen molar-refractivity contribution in [1.82, 2.24) is 4.90 Å². The summed E-state index contributed by atoms with van der Waals surface area (Å²) >= 11 is 0. The van der Waals surface area contributed by atoms with Crippen LogP contribution in [0.15, 0.2) is 139 Å². The van der Waals surface area contributed by atoms with E-state index in [1.54, 1.807) is 11.0 Å². The van der Waals surface area contributed by atoms with Gasteiger partial charge in [0.15, 0.2) is 11.5 Å². The molecule has 6 unspecified atom stereocenters. The molecule has 2 aliphatic carbocycles. The highest BCUT2D eigenvalue weighted by Crippen LogP contribution is 2.62. The number of carbonyl (C=O) groups excluding carboxylic acids is 1. The van der Waals surface area contributed by atoms with Crippen LogP contribution in [0.3, 0.4) is 0 Å². The van der Waals surface area contributed by atoms with Crippen molar-refractivity contribution in [1.29, 1.82) is 0 Å². The van der Waals surface area contributed by atoms with Crippen LogP contribution in [0.25, 0.3) is 10.8 Å². The molecule has 0 spiro atoms. The second kappa shape index (κ2) is 27.8. The predicted octanol–water partition coefficient (Wildman–Crippen LogP) is 14.8. The number of aliphatic hydroxyl groups excluding tert-OH is 2. The minimum absolute atomic E-state index is 0.0232. The Morgan fingerprint density at radius 1 is 0.740 bits per heavy atom. The van der Waals surface area contributed by atoms with Crippen LogP contribution in [0.5, 0.6) is 28.7 Å². The van der Waals surface area contributed by atoms with Gasteiger partial charge in [0.1, 0.15) is 29.9 Å². The minimum Gasteiger partial charge on any atom is -0.459 e. The van der Waals surface area contributed by atoms with Crippen LogP contribution in [-0.4, -0.2) is 72.0 Å². The van der Waals surface area contributed by atoms with Gasteiger partial charge in [0.05, 0.1) is 24.8 Å². The largest absolute Gasteiger partial charge is 0.459 e. The molecule has 2 N–H and O–H groups in total. The molecule has 1 amide bonds. The van der Waals surface area contributed by atoms with E-state index >= 15 is 4.79 Å². The quantitative estimate of drug-likeness (QED) is 0.0260. The maximum atomic E-state index is 15.3. The molecule has 0 saturated heterocycles. The molecular weight excluding hydrogens is 969 g/mol. The number of carbonyl (C=O) groups is 1. The van der Waals surface area contributed by atoms with Crippen LogP contribution in [0.4, 0.5) is 4.79 Å². The van der Waals surface area contributed by atoms with E-state index in [2.05, 4.69) is 49.9 Å². The van der Waals surface area contributed by atoms with Gasteiger partial charge in [0.2, 0.25) is 12.6 Å². The average molecular weight is 1050 g/mol. The fourth-order valence-electron chi connectivity index (χ4n) is 12.2. The summed E-state index contributed by atoms with van der Waals surface area (Å²) < 4.78 is 39.6. The van der Waals surface area contributed by atoms with Crippen molar-refractivity contribution in [2.45, 2.75) is 147 Å². The molecule has 0 aromatic heterocycles. The van der Waals surface area contributed by atoms with Crippen LogP contribution < -0.4 is 18.9 Å². The van der Waals surface area contributed by atoms with Crippen molar-refractivity contribution in [3.63, 3.8) is 0 Å². The second-order valence-electron chi connectivity index (χ2n) is 21.3. The summed E-state index contributed by atoms with van der Waals surface area (Å²) in [7, 11) is 0. The molecule has 2 aliphatic heterocycles. The zero-order valence-corrected chi connectivity index (χ0v) is 45.2. The van der Waals surface area contributed by atoms with Crippen LogP contribution in [0, 0.1) is 17.8 Å². The summed E-state index contributed by atoms with van der Waals surface area (Å²) in [6.07, 6.45) is 20.0. The lowest BCUT2D eigenvalue weighted by Gasteiger charge is -2.59. The van der Waals surface area contributed by atoms with E-state index in [4.69, 9.17) is 38.4 Å². The third-order valence-electron chi connectivity index (χ3n) is 16.0. The highest BCUT2D eigenvalue weighted by molar-refractivity contribution is 6.03. The zero-order valence-electron chi connectivity index (χ0n) is 45.2. The molecule has 12 heteroatoms. The maximum Gasteiger partial charge on any atom is 0.410 e. The third-order valence-corrected chi connectivity index (χ3v) is 16.0. The SMILES string of the molecule is C=CCOC12Oc3ccc(Oc4ccc5ccccc5c4)cc3C3C(CCCCO)C(CCCCO)C=C(C(=NOCc4ccccc4)CC1N(Cc1ccc4c(c1)OCO4)C(=O)OCCCCCCCCCCCC)C32. The normalized spacial score (nSPS) is 21.4. The zero-order chi connectivity index (χ0) is 53.2. The van der Waals surface area contributed by atoms with Crippen molar-refractivity contribution in [2.75, 3.05) is 33.2 Å². The number of aliphatic hydroxyl groups is 2. The minimum atomic E-state index is -1.49. The van der Waals surface area contributed by atoms with E-state index in [1.807, 2.05) is 78.9 Å². The van der Waals surface area contributed by atoms with Gasteiger partial charge in [-0.2, -0.15) is 0 Å². The molecule has 5 aromatic carbocycles. The fraction of sp³-hybridized carbons (Fsp3) is 0.477. The summed E-state index contributed by atoms with van der Waals surface area (Å²) in [4.78, 5) is 23.5. The van der Waals surface area contributed by atoms with Gasteiger partial charge in [0.25, 0.3) is 0 Å². The van der Waals surface area contributed by atoms with Crippen LogP contribution >= 0.6 is 0 Å². The second-order valence-corrected chi connectivity index (χ2v) is 21.3. The van der Waals surface area contributed by atoms with Crippen LogP contribution in [-0.2, 0) is 27.5 Å². The number of ether oxygens (including phenoxy) is 6. The van der Waals surface area contributed by atoms with Gasteiger partial charge in [-0.3, -0.25) is 4.90 Å². The number of allylic oxidation sites excluding steroid dienone is 1. The monoisotopic (exact) mass is 1050 g/mol. The maximum absolute atomic E-state index is 15.3. The first-order valence-corrected chi connectivity index (χ1v) is 28.7. The molecule has 5 aromatic rings. The lowest BCUT2D eigenvalue weighted by atomic mass is 9.55. The number of hydrogen-bond acceptors (Lipinski definition) is 11. The van der Waals surface area contributed by atoms with Crippen molar-refractivity contribution >= 4 is 22.6 Å². The number of rotatable bonds is 30. The Bertz CT molecular complexity index is 2760. The Morgan fingerprint density at radius 3 is 2.22 bits per heavy atom. The predicted molar refractivity (Wildman–Crippen MR) is 302 cm³/mol. The molecule has 6 atom stereocenters.